The van der Waals surface area contributed by atoms with Crippen molar-refractivity contribution in [3.05, 3.63) is 29.7 Å². The number of aromatic hydroxyl groups is 1. The van der Waals surface area contributed by atoms with Crippen molar-refractivity contribution in [3.8, 4) is 5.75 Å². The van der Waals surface area contributed by atoms with Gasteiger partial charge >= 0.3 is 5.97 Å². The number of carbonyl (C=O) groups is 3. The number of carboxylic acid groups (broad SMARTS) is 1. The number of hydrogen-bond donors (Lipinski definition) is 2. The second-order valence-electron chi connectivity index (χ2n) is 3.99. The van der Waals surface area contributed by atoms with E-state index in [4.69, 9.17) is 5.11 Å². The van der Waals surface area contributed by atoms with Crippen molar-refractivity contribution < 1.29 is 24.6 Å². The number of aliphatic carboxylic acids is 1. The van der Waals surface area contributed by atoms with Crippen LogP contribution in [0.4, 0.5) is 4.79 Å². The van der Waals surface area contributed by atoms with Gasteiger partial charge in [0.1, 0.15) is 12.3 Å². The number of phenols is 1. The van der Waals surface area contributed by atoms with Crippen LogP contribution in [0.25, 0.3) is 6.08 Å². The van der Waals surface area contributed by atoms with Crippen molar-refractivity contribution >= 4 is 80.1 Å². The molecule has 21 heavy (non-hydrogen) atoms. The molecule has 1 aliphatic rings. The molecule has 0 radical (unpaired) electrons. The molecule has 0 spiro atoms. The molecule has 0 aromatic heterocycles. The Morgan fingerprint density at radius 3 is 2.38 bits per heavy atom. The number of nitrogens with zero attached hydrogens (tertiary/aromatic N) is 1. The van der Waals surface area contributed by atoms with Crippen molar-refractivity contribution in [1.82, 2.24) is 4.90 Å². The summed E-state index contributed by atoms with van der Waals surface area (Å²) in [4.78, 5) is 35.1. The summed E-state index contributed by atoms with van der Waals surface area (Å²) in [5, 5.41) is 17.8. The van der Waals surface area contributed by atoms with Crippen molar-refractivity contribution in [2.75, 3.05) is 6.54 Å². The lowest BCUT2D eigenvalue weighted by Gasteiger charge is -2.07. The standard InChI is InChI=1S/C12H7I2NO5S/c13-6-1-5(2-7(14)10(6)18)3-8-11(19)15(4-9(16)17)12(20)21-8/h1-3,18H,4H2,(H,16,17)/b8-3+. The molecular formula is C12H7I2NO5S. The lowest BCUT2D eigenvalue weighted by Crippen LogP contribution is -2.33. The van der Waals surface area contributed by atoms with E-state index in [1.807, 2.05) is 45.2 Å². The molecule has 0 saturated carbocycles. The first-order chi connectivity index (χ1) is 9.79. The minimum atomic E-state index is -1.24. The van der Waals surface area contributed by atoms with Gasteiger partial charge in [-0.25, -0.2) is 0 Å². The second-order valence-corrected chi connectivity index (χ2v) is 7.31. The van der Waals surface area contributed by atoms with Gasteiger partial charge in [0.2, 0.25) is 0 Å². The van der Waals surface area contributed by atoms with Crippen LogP contribution in [0, 0.1) is 7.14 Å². The van der Waals surface area contributed by atoms with Gasteiger partial charge in [-0.2, -0.15) is 0 Å². The molecule has 1 aliphatic heterocycles. The Kier molecular flexibility index (Phi) is 5.14. The summed E-state index contributed by atoms with van der Waals surface area (Å²) in [7, 11) is 0. The van der Waals surface area contributed by atoms with E-state index in [9.17, 15) is 19.5 Å². The Morgan fingerprint density at radius 2 is 1.86 bits per heavy atom. The highest BCUT2D eigenvalue weighted by atomic mass is 127. The van der Waals surface area contributed by atoms with E-state index in [2.05, 4.69) is 0 Å². The van der Waals surface area contributed by atoms with Crippen LogP contribution >= 0.6 is 56.9 Å². The summed E-state index contributed by atoms with van der Waals surface area (Å²) in [5.41, 5.74) is 0.655. The molecule has 1 heterocycles. The van der Waals surface area contributed by atoms with Crippen LogP contribution < -0.4 is 0 Å². The number of hydrogen-bond acceptors (Lipinski definition) is 5. The molecule has 1 aromatic rings. The highest BCUT2D eigenvalue weighted by molar-refractivity contribution is 14.1. The van der Waals surface area contributed by atoms with E-state index < -0.39 is 23.7 Å². The number of amides is 2. The zero-order chi connectivity index (χ0) is 15.7. The van der Waals surface area contributed by atoms with Crippen LogP contribution in [-0.2, 0) is 9.59 Å². The fourth-order valence-corrected chi connectivity index (χ4v) is 4.25. The molecule has 2 N–H and O–H groups in total. The molecule has 110 valence electrons. The van der Waals surface area contributed by atoms with Gasteiger partial charge in [-0.1, -0.05) is 0 Å². The molecule has 1 aromatic carbocycles. The molecular weight excluding hydrogens is 524 g/mol. The number of halogens is 2. The first kappa shape index (κ1) is 16.5. The topological polar surface area (TPSA) is 94.9 Å². The average molecular weight is 531 g/mol. The number of phenolic OH excluding ortho intramolecular Hbond substituents is 1. The highest BCUT2D eigenvalue weighted by Crippen LogP contribution is 2.34. The van der Waals surface area contributed by atoms with E-state index >= 15 is 0 Å². The summed E-state index contributed by atoms with van der Waals surface area (Å²) in [5.74, 6) is -1.70. The fourth-order valence-electron chi connectivity index (χ4n) is 1.59. The lowest BCUT2D eigenvalue weighted by molar-refractivity contribution is -0.140. The summed E-state index contributed by atoms with van der Waals surface area (Å²) in [6.45, 7) is -0.646. The molecule has 2 rings (SSSR count). The zero-order valence-electron chi connectivity index (χ0n) is 10.2. The quantitative estimate of drug-likeness (QED) is 0.461. The van der Waals surface area contributed by atoms with Crippen LogP contribution in [0.15, 0.2) is 17.0 Å². The number of rotatable bonds is 3. The van der Waals surface area contributed by atoms with E-state index in [0.29, 0.717) is 29.4 Å². The van der Waals surface area contributed by atoms with Gasteiger partial charge < -0.3 is 10.2 Å². The first-order valence-electron chi connectivity index (χ1n) is 5.44. The first-order valence-corrected chi connectivity index (χ1v) is 8.42. The predicted molar refractivity (Wildman–Crippen MR) is 93.9 cm³/mol. The molecule has 0 aliphatic carbocycles. The number of carbonyl (C=O) groups excluding carboxylic acids is 2. The van der Waals surface area contributed by atoms with Gasteiger partial charge in [0.05, 0.1) is 12.0 Å². The largest absolute Gasteiger partial charge is 0.506 e. The third kappa shape index (κ3) is 3.69. The molecule has 0 unspecified atom stereocenters. The molecule has 1 fully saturated rings. The fraction of sp³-hybridized carbons (Fsp3) is 0.0833. The van der Waals surface area contributed by atoms with Gasteiger partial charge in [-0.3, -0.25) is 19.3 Å². The van der Waals surface area contributed by atoms with Crippen molar-refractivity contribution in [3.63, 3.8) is 0 Å². The zero-order valence-corrected chi connectivity index (χ0v) is 15.3. The van der Waals surface area contributed by atoms with Crippen molar-refractivity contribution in [2.24, 2.45) is 0 Å². The van der Waals surface area contributed by atoms with Gasteiger partial charge in [-0.05, 0) is 80.7 Å². The molecule has 2 amide bonds. The van der Waals surface area contributed by atoms with Crippen LogP contribution in [0.2, 0.25) is 0 Å². The summed E-state index contributed by atoms with van der Waals surface area (Å²) < 4.78 is 1.24. The van der Waals surface area contributed by atoms with Gasteiger partial charge in [-0.15, -0.1) is 0 Å². The number of carboxylic acids is 1. The van der Waals surface area contributed by atoms with E-state index in [1.54, 1.807) is 12.1 Å². The van der Waals surface area contributed by atoms with Crippen LogP contribution in [0.5, 0.6) is 5.75 Å². The molecule has 0 atom stereocenters. The monoisotopic (exact) mass is 531 g/mol. The molecule has 9 heteroatoms. The smallest absolute Gasteiger partial charge is 0.323 e. The minimum absolute atomic E-state index is 0.160. The maximum absolute atomic E-state index is 12.0. The van der Waals surface area contributed by atoms with Crippen molar-refractivity contribution in [1.29, 1.82) is 0 Å². The number of imide groups is 1. The number of benzene rings is 1. The third-order valence-corrected chi connectivity index (χ3v) is 5.06. The third-order valence-electron chi connectivity index (χ3n) is 2.50. The predicted octanol–water partition coefficient (Wildman–Crippen LogP) is 2.72. The highest BCUT2D eigenvalue weighted by Gasteiger charge is 2.36. The molecule has 6 nitrogen and oxygen atoms in total. The maximum atomic E-state index is 12.0. The number of thioether (sulfide) groups is 1. The second kappa shape index (κ2) is 6.52. The van der Waals surface area contributed by atoms with E-state index in [0.717, 1.165) is 0 Å². The Morgan fingerprint density at radius 1 is 1.29 bits per heavy atom. The Bertz CT molecular complexity index is 665. The van der Waals surface area contributed by atoms with Crippen LogP contribution in [0.3, 0.4) is 0 Å². The SMILES string of the molecule is O=C(O)CN1C(=O)S/C(=C/c2cc(I)c(O)c(I)c2)C1=O. The summed E-state index contributed by atoms with van der Waals surface area (Å²) >= 11 is 4.62. The van der Waals surface area contributed by atoms with Crippen molar-refractivity contribution in [2.45, 2.75) is 0 Å². The van der Waals surface area contributed by atoms with E-state index in [-0.39, 0.29) is 10.7 Å². The Labute approximate surface area is 150 Å². The Hall–Kier alpha value is -0.820. The molecule has 0 bridgehead atoms. The van der Waals surface area contributed by atoms with Gasteiger partial charge in [0.15, 0.2) is 0 Å². The molecule has 1 saturated heterocycles. The van der Waals surface area contributed by atoms with Gasteiger partial charge in [0.25, 0.3) is 11.1 Å². The summed E-state index contributed by atoms with van der Waals surface area (Å²) in [6.07, 6.45) is 1.51. The van der Waals surface area contributed by atoms with Crippen LogP contribution in [-0.4, -0.2) is 38.8 Å². The average Bonchev–Trinajstić information content (AvgIpc) is 2.63. The van der Waals surface area contributed by atoms with Crippen LogP contribution in [0.1, 0.15) is 5.56 Å². The summed E-state index contributed by atoms with van der Waals surface area (Å²) in [6, 6.07) is 3.34. The Balaban J connectivity index is 2.33. The normalized spacial score (nSPS) is 16.9. The maximum Gasteiger partial charge on any atom is 0.323 e. The lowest BCUT2D eigenvalue weighted by atomic mass is 10.2. The van der Waals surface area contributed by atoms with Gasteiger partial charge in [0, 0.05) is 0 Å². The minimum Gasteiger partial charge on any atom is -0.506 e. The van der Waals surface area contributed by atoms with E-state index in [1.165, 1.54) is 6.08 Å².